The van der Waals surface area contributed by atoms with Gasteiger partial charge in [-0.3, -0.25) is 28.8 Å². The highest BCUT2D eigenvalue weighted by atomic mass is 125. The number of nitrogens with zero attached hydrogens (tertiary/aromatic N) is 2. The van der Waals surface area contributed by atoms with E-state index in [0.29, 0.717) is 40.5 Å². The zero-order chi connectivity index (χ0) is 35.8. The molecule has 0 aromatic heterocycles. The lowest BCUT2D eigenvalue weighted by Crippen LogP contribution is -2.57. The van der Waals surface area contributed by atoms with Crippen LogP contribution in [0.2, 0.25) is 0 Å². The Labute approximate surface area is 295 Å². The molecule has 5 amide bonds. The van der Waals surface area contributed by atoms with Gasteiger partial charge in [0, 0.05) is 29.3 Å². The number of halogens is 1. The number of hydrogen-bond acceptors (Lipinski definition) is 7. The molecule has 4 N–H and O–H groups in total. The summed E-state index contributed by atoms with van der Waals surface area (Å²) in [4.78, 5) is 73.5. The van der Waals surface area contributed by atoms with Crippen molar-refractivity contribution in [3.63, 3.8) is 0 Å². The van der Waals surface area contributed by atoms with Crippen molar-refractivity contribution in [2.24, 2.45) is 17.8 Å². The SMILES string of the molecule is CCN(CC)CCNC(=O)c1ccc(C(=O)N[C@@H](CC(C)C)C(=O)N[C@@H](CC(C)C)C(=O)N[C@@H](CC(C)C)C(=O)N(C)OC)c([125I])c1. The lowest BCUT2D eigenvalue weighted by Gasteiger charge is -2.28. The smallest absolute Gasteiger partial charge is 0.268 e. The third-order valence-electron chi connectivity index (χ3n) is 7.66. The molecule has 0 unspecified atom stereocenters. The van der Waals surface area contributed by atoms with Crippen LogP contribution in [-0.2, 0) is 19.2 Å². The second-order valence-corrected chi connectivity index (χ2v) is 14.2. The molecular weight excluding hydrogens is 713 g/mol. The van der Waals surface area contributed by atoms with Crippen LogP contribution in [0.3, 0.4) is 0 Å². The quantitative estimate of drug-likeness (QED) is 0.117. The van der Waals surface area contributed by atoms with Crippen molar-refractivity contribution in [3.05, 3.63) is 32.9 Å². The van der Waals surface area contributed by atoms with Gasteiger partial charge in [-0.05, 0) is 90.9 Å². The van der Waals surface area contributed by atoms with Crippen LogP contribution < -0.4 is 21.3 Å². The van der Waals surface area contributed by atoms with Gasteiger partial charge in [0.2, 0.25) is 11.8 Å². The first-order chi connectivity index (χ1) is 22.0. The largest absolute Gasteiger partial charge is 0.351 e. The molecule has 0 spiro atoms. The van der Waals surface area contributed by atoms with Crippen molar-refractivity contribution < 1.29 is 28.8 Å². The molecule has 0 heterocycles. The highest BCUT2D eigenvalue weighted by molar-refractivity contribution is 14.1. The van der Waals surface area contributed by atoms with E-state index in [9.17, 15) is 24.0 Å². The van der Waals surface area contributed by atoms with Crippen LogP contribution in [0, 0.1) is 21.3 Å². The maximum atomic E-state index is 13.7. The standard InChI is InChI=1S/C34H57IN6O6/c1-11-41(12-2)16-15-36-30(42)24-13-14-25(26(35)20-24)31(43)37-27(17-21(3)4)32(44)38-28(18-22(5)6)33(45)39-29(19-23(7)8)34(46)40(9)47-10/h13-14,20-23,27-29H,11-12,15-19H2,1-10H3,(H,36,42)(H,37,43)(H,38,44)(H,39,45)/t27-,28-,29-/m0/s1/i35-2. The van der Waals surface area contributed by atoms with Gasteiger partial charge >= 0.3 is 0 Å². The summed E-state index contributed by atoms with van der Waals surface area (Å²) in [6.45, 7) is 18.9. The van der Waals surface area contributed by atoms with E-state index in [1.165, 1.54) is 14.2 Å². The van der Waals surface area contributed by atoms with Gasteiger partial charge in [0.15, 0.2) is 0 Å². The first-order valence-electron chi connectivity index (χ1n) is 16.6. The molecule has 0 fully saturated rings. The van der Waals surface area contributed by atoms with Crippen molar-refractivity contribution in [1.29, 1.82) is 0 Å². The fourth-order valence-electron chi connectivity index (χ4n) is 5.00. The van der Waals surface area contributed by atoms with Crippen LogP contribution in [0.25, 0.3) is 0 Å². The molecule has 0 saturated heterocycles. The number of hydrogen-bond donors (Lipinski definition) is 4. The highest BCUT2D eigenvalue weighted by Crippen LogP contribution is 2.17. The van der Waals surface area contributed by atoms with Gasteiger partial charge < -0.3 is 26.2 Å². The zero-order valence-corrected chi connectivity index (χ0v) is 32.0. The van der Waals surface area contributed by atoms with Gasteiger partial charge in [-0.2, -0.15) is 0 Å². The molecule has 3 atom stereocenters. The molecule has 0 aliphatic heterocycles. The van der Waals surface area contributed by atoms with Crippen LogP contribution in [0.4, 0.5) is 0 Å². The molecule has 266 valence electrons. The van der Waals surface area contributed by atoms with E-state index < -0.39 is 41.8 Å². The van der Waals surface area contributed by atoms with E-state index in [2.05, 4.69) is 40.0 Å². The molecule has 12 nitrogen and oxygen atoms in total. The van der Waals surface area contributed by atoms with Crippen LogP contribution >= 0.6 is 22.6 Å². The van der Waals surface area contributed by atoms with Gasteiger partial charge in [0.25, 0.3) is 17.7 Å². The molecule has 47 heavy (non-hydrogen) atoms. The maximum absolute atomic E-state index is 13.7. The number of benzene rings is 1. The Kier molecular flexibility index (Phi) is 19.1. The third-order valence-corrected chi connectivity index (χ3v) is 8.55. The number of carbonyl (C=O) groups excluding carboxylic acids is 5. The zero-order valence-electron chi connectivity index (χ0n) is 29.9. The third kappa shape index (κ3) is 14.9. The molecule has 1 aromatic carbocycles. The van der Waals surface area contributed by atoms with Gasteiger partial charge in [-0.15, -0.1) is 0 Å². The Morgan fingerprint density at radius 3 is 1.72 bits per heavy atom. The van der Waals surface area contributed by atoms with E-state index >= 15 is 0 Å². The number of carbonyl (C=O) groups is 5. The molecule has 0 radical (unpaired) electrons. The molecule has 1 aromatic rings. The average molecular weight is 771 g/mol. The molecule has 0 aliphatic rings. The van der Waals surface area contributed by atoms with Gasteiger partial charge in [0.05, 0.1) is 12.7 Å². The molecular formula is C34H57IN6O6. The lowest BCUT2D eigenvalue weighted by molar-refractivity contribution is -0.172. The summed E-state index contributed by atoms with van der Waals surface area (Å²) in [5.41, 5.74) is 0.774. The predicted octanol–water partition coefficient (Wildman–Crippen LogP) is 3.59. The van der Waals surface area contributed by atoms with Gasteiger partial charge in [-0.25, -0.2) is 5.06 Å². The van der Waals surface area contributed by atoms with Crippen LogP contribution in [0.5, 0.6) is 0 Å². The van der Waals surface area contributed by atoms with Gasteiger partial charge in [0.1, 0.15) is 18.1 Å². The van der Waals surface area contributed by atoms with E-state index in [-0.39, 0.29) is 23.7 Å². The minimum absolute atomic E-state index is 0.0552. The number of rotatable bonds is 20. The number of nitrogens with one attached hydrogen (secondary N) is 4. The average Bonchev–Trinajstić information content (AvgIpc) is 3.00. The van der Waals surface area contributed by atoms with Crippen molar-refractivity contribution in [2.75, 3.05) is 40.3 Å². The first kappa shape index (κ1) is 42.2. The minimum Gasteiger partial charge on any atom is -0.351 e. The molecule has 13 heteroatoms. The summed E-state index contributed by atoms with van der Waals surface area (Å²) in [7, 11) is 2.85. The summed E-state index contributed by atoms with van der Waals surface area (Å²) in [6, 6.07) is 2.15. The van der Waals surface area contributed by atoms with Crippen LogP contribution in [0.1, 0.15) is 95.4 Å². The molecule has 0 bridgehead atoms. The van der Waals surface area contributed by atoms with E-state index in [0.717, 1.165) is 24.7 Å². The number of hydroxylamine groups is 2. The first-order valence-corrected chi connectivity index (χ1v) is 17.7. The molecule has 0 aliphatic carbocycles. The Morgan fingerprint density at radius 1 is 0.766 bits per heavy atom. The fourth-order valence-corrected chi connectivity index (χ4v) is 5.76. The van der Waals surface area contributed by atoms with Crippen molar-refractivity contribution in [2.45, 2.75) is 92.8 Å². The monoisotopic (exact) mass is 770 g/mol. The summed E-state index contributed by atoms with van der Waals surface area (Å²) in [5, 5.41) is 12.5. The highest BCUT2D eigenvalue weighted by Gasteiger charge is 2.32. The Balaban J connectivity index is 3.11. The second-order valence-electron chi connectivity index (χ2n) is 13.0. The fraction of sp³-hybridized carbons (Fsp3) is 0.676. The Hall–Kier alpha value is -2.78. The van der Waals surface area contributed by atoms with E-state index in [1.54, 1.807) is 18.2 Å². The topological polar surface area (TPSA) is 149 Å². The normalized spacial score (nSPS) is 13.3. The van der Waals surface area contributed by atoms with Crippen LogP contribution in [0.15, 0.2) is 18.2 Å². The van der Waals surface area contributed by atoms with Crippen molar-refractivity contribution in [1.82, 2.24) is 31.2 Å². The summed E-state index contributed by atoms with van der Waals surface area (Å²) in [5.74, 6) is -1.83. The van der Waals surface area contributed by atoms with Crippen LogP contribution in [-0.4, -0.2) is 98.0 Å². The van der Waals surface area contributed by atoms with Gasteiger partial charge in [-0.1, -0.05) is 55.4 Å². The second kappa shape index (κ2) is 21.2. The van der Waals surface area contributed by atoms with E-state index in [4.69, 9.17) is 4.84 Å². The minimum atomic E-state index is -0.927. The maximum Gasteiger partial charge on any atom is 0.268 e. The molecule has 1 rings (SSSR count). The van der Waals surface area contributed by atoms with Crippen molar-refractivity contribution >= 4 is 52.1 Å². The summed E-state index contributed by atoms with van der Waals surface area (Å²) < 4.78 is 0.569. The van der Waals surface area contributed by atoms with E-state index in [1.807, 2.05) is 64.1 Å². The number of amides is 5. The summed E-state index contributed by atoms with van der Waals surface area (Å²) >= 11 is 2.02. The lowest BCUT2D eigenvalue weighted by atomic mass is 9.98. The Bertz CT molecular complexity index is 1190. The predicted molar refractivity (Wildman–Crippen MR) is 193 cm³/mol. The van der Waals surface area contributed by atoms with Crippen molar-refractivity contribution in [3.8, 4) is 0 Å². The number of likely N-dealkylation sites (N-methyl/N-ethyl adjacent to an activating group) is 2. The summed E-state index contributed by atoms with van der Waals surface area (Å²) in [6.07, 6.45) is 1.06. The molecule has 0 saturated carbocycles. The Morgan fingerprint density at radius 2 is 1.26 bits per heavy atom.